The SMILES string of the molecule is CC(CCOc1ccccc1)C(=O)N(C)CC(=O)N1CCC(C(=O)O)CC1. The lowest BCUT2D eigenvalue weighted by Crippen LogP contribution is -2.46. The fourth-order valence-electron chi connectivity index (χ4n) is 3.13. The first-order valence-corrected chi connectivity index (χ1v) is 9.32. The van der Waals surface area contributed by atoms with Crippen LogP contribution in [-0.2, 0) is 14.4 Å². The van der Waals surface area contributed by atoms with Crippen LogP contribution in [0.1, 0.15) is 26.2 Å². The number of amides is 2. The van der Waals surface area contributed by atoms with E-state index in [1.807, 2.05) is 37.3 Å². The first-order chi connectivity index (χ1) is 12.9. The highest BCUT2D eigenvalue weighted by Gasteiger charge is 2.28. The summed E-state index contributed by atoms with van der Waals surface area (Å²) in [5, 5.41) is 9.02. The molecule has 27 heavy (non-hydrogen) atoms. The Kier molecular flexibility index (Phi) is 7.64. The highest BCUT2D eigenvalue weighted by Crippen LogP contribution is 2.18. The van der Waals surface area contributed by atoms with E-state index in [1.54, 1.807) is 11.9 Å². The van der Waals surface area contributed by atoms with Crippen LogP contribution in [-0.4, -0.2) is 66.0 Å². The van der Waals surface area contributed by atoms with E-state index in [0.29, 0.717) is 39.0 Å². The minimum Gasteiger partial charge on any atom is -0.494 e. The summed E-state index contributed by atoms with van der Waals surface area (Å²) in [4.78, 5) is 38.9. The van der Waals surface area contributed by atoms with Crippen molar-refractivity contribution in [2.24, 2.45) is 11.8 Å². The Morgan fingerprint density at radius 1 is 1.22 bits per heavy atom. The smallest absolute Gasteiger partial charge is 0.306 e. The molecule has 148 valence electrons. The van der Waals surface area contributed by atoms with Crippen LogP contribution in [0.3, 0.4) is 0 Å². The van der Waals surface area contributed by atoms with Gasteiger partial charge in [-0.25, -0.2) is 0 Å². The van der Waals surface area contributed by atoms with Crippen LogP contribution in [0.5, 0.6) is 5.75 Å². The molecule has 0 spiro atoms. The van der Waals surface area contributed by atoms with Crippen LogP contribution in [0, 0.1) is 11.8 Å². The van der Waals surface area contributed by atoms with Gasteiger partial charge in [-0.2, -0.15) is 0 Å². The first-order valence-electron chi connectivity index (χ1n) is 9.32. The van der Waals surface area contributed by atoms with Gasteiger partial charge >= 0.3 is 5.97 Å². The molecule has 0 saturated carbocycles. The number of carboxylic acid groups (broad SMARTS) is 1. The van der Waals surface area contributed by atoms with Crippen molar-refractivity contribution in [2.45, 2.75) is 26.2 Å². The van der Waals surface area contributed by atoms with Gasteiger partial charge in [0.2, 0.25) is 11.8 Å². The number of hydrogen-bond acceptors (Lipinski definition) is 4. The number of piperidine rings is 1. The number of nitrogens with zero attached hydrogens (tertiary/aromatic N) is 2. The number of likely N-dealkylation sites (N-methyl/N-ethyl adjacent to an activating group) is 1. The molecule has 2 rings (SSSR count). The number of hydrogen-bond donors (Lipinski definition) is 1. The van der Waals surface area contributed by atoms with Crippen molar-refractivity contribution in [1.82, 2.24) is 9.80 Å². The van der Waals surface area contributed by atoms with E-state index >= 15 is 0 Å². The number of likely N-dealkylation sites (tertiary alicyclic amines) is 1. The molecule has 1 unspecified atom stereocenters. The molecular formula is C20H28N2O5. The normalized spacial score (nSPS) is 15.9. The maximum atomic E-state index is 12.5. The van der Waals surface area contributed by atoms with E-state index in [4.69, 9.17) is 9.84 Å². The van der Waals surface area contributed by atoms with Crippen molar-refractivity contribution >= 4 is 17.8 Å². The quantitative estimate of drug-likeness (QED) is 0.748. The molecule has 0 aromatic heterocycles. The monoisotopic (exact) mass is 376 g/mol. The number of rotatable bonds is 8. The number of carbonyl (C=O) groups excluding carboxylic acids is 2. The third-order valence-electron chi connectivity index (χ3n) is 4.93. The third-order valence-corrected chi connectivity index (χ3v) is 4.93. The molecule has 1 saturated heterocycles. The van der Waals surface area contributed by atoms with Gasteiger partial charge in [-0.3, -0.25) is 14.4 Å². The van der Waals surface area contributed by atoms with Gasteiger partial charge in [0.15, 0.2) is 0 Å². The van der Waals surface area contributed by atoms with Gasteiger partial charge in [-0.15, -0.1) is 0 Å². The number of carboxylic acids is 1. The lowest BCUT2D eigenvalue weighted by atomic mass is 9.97. The minimum absolute atomic E-state index is 0.0143. The second kappa shape index (κ2) is 9.94. The zero-order valence-electron chi connectivity index (χ0n) is 16.0. The summed E-state index contributed by atoms with van der Waals surface area (Å²) in [6, 6.07) is 9.43. The Balaban J connectivity index is 1.72. The first kappa shape index (κ1) is 20.7. The van der Waals surface area contributed by atoms with Crippen LogP contribution in [0.2, 0.25) is 0 Å². The number of ether oxygens (including phenoxy) is 1. The van der Waals surface area contributed by atoms with Gasteiger partial charge in [-0.05, 0) is 31.4 Å². The number of benzene rings is 1. The average Bonchev–Trinajstić information content (AvgIpc) is 2.68. The minimum atomic E-state index is -0.805. The molecule has 0 bridgehead atoms. The Hall–Kier alpha value is -2.57. The van der Waals surface area contributed by atoms with Crippen LogP contribution in [0.15, 0.2) is 30.3 Å². The Morgan fingerprint density at radius 3 is 2.44 bits per heavy atom. The second-order valence-electron chi connectivity index (χ2n) is 7.04. The maximum Gasteiger partial charge on any atom is 0.306 e. The van der Waals surface area contributed by atoms with Crippen LogP contribution < -0.4 is 4.74 Å². The topological polar surface area (TPSA) is 87.2 Å². The molecule has 1 aromatic carbocycles. The molecule has 2 amide bonds. The zero-order chi connectivity index (χ0) is 19.8. The van der Waals surface area contributed by atoms with Crippen LogP contribution >= 0.6 is 0 Å². The van der Waals surface area contributed by atoms with Crippen molar-refractivity contribution in [2.75, 3.05) is 33.3 Å². The molecular weight excluding hydrogens is 348 g/mol. The fourth-order valence-corrected chi connectivity index (χ4v) is 3.13. The molecule has 0 aliphatic carbocycles. The van der Waals surface area contributed by atoms with E-state index in [9.17, 15) is 14.4 Å². The van der Waals surface area contributed by atoms with Crippen molar-refractivity contribution in [3.05, 3.63) is 30.3 Å². The fraction of sp³-hybridized carbons (Fsp3) is 0.550. The summed E-state index contributed by atoms with van der Waals surface area (Å²) in [5.74, 6) is -0.892. The molecule has 1 fully saturated rings. The third kappa shape index (κ3) is 6.27. The summed E-state index contributed by atoms with van der Waals surface area (Å²) in [6.45, 7) is 3.13. The van der Waals surface area contributed by atoms with Gasteiger partial charge in [0.05, 0.1) is 19.1 Å². The van der Waals surface area contributed by atoms with Crippen LogP contribution in [0.25, 0.3) is 0 Å². The molecule has 1 aliphatic rings. The molecule has 0 radical (unpaired) electrons. The predicted octanol–water partition coefficient (Wildman–Crippen LogP) is 1.87. The lowest BCUT2D eigenvalue weighted by molar-refractivity contribution is -0.146. The van der Waals surface area contributed by atoms with Crippen molar-refractivity contribution in [3.63, 3.8) is 0 Å². The van der Waals surface area contributed by atoms with E-state index in [1.165, 1.54) is 4.90 Å². The van der Waals surface area contributed by atoms with E-state index < -0.39 is 5.97 Å². The number of aliphatic carboxylic acids is 1. The molecule has 7 heteroatoms. The van der Waals surface area contributed by atoms with E-state index in [2.05, 4.69) is 0 Å². The number of carbonyl (C=O) groups is 3. The largest absolute Gasteiger partial charge is 0.494 e. The van der Waals surface area contributed by atoms with Gasteiger partial charge in [0, 0.05) is 26.1 Å². The second-order valence-corrected chi connectivity index (χ2v) is 7.04. The maximum absolute atomic E-state index is 12.5. The Bertz CT molecular complexity index is 641. The van der Waals surface area contributed by atoms with Gasteiger partial charge in [0.25, 0.3) is 0 Å². The molecule has 1 N–H and O–H groups in total. The molecule has 1 atom stereocenters. The molecule has 1 aromatic rings. The van der Waals surface area contributed by atoms with Gasteiger partial charge in [0.1, 0.15) is 5.75 Å². The highest BCUT2D eigenvalue weighted by atomic mass is 16.5. The average molecular weight is 376 g/mol. The molecule has 7 nitrogen and oxygen atoms in total. The summed E-state index contributed by atoms with van der Waals surface area (Å²) < 4.78 is 5.62. The van der Waals surface area contributed by atoms with Gasteiger partial charge in [-0.1, -0.05) is 25.1 Å². The predicted molar refractivity (Wildman–Crippen MR) is 100 cm³/mol. The summed E-state index contributed by atoms with van der Waals surface area (Å²) in [7, 11) is 1.62. The van der Waals surface area contributed by atoms with E-state index in [0.717, 1.165) is 5.75 Å². The Morgan fingerprint density at radius 2 is 1.85 bits per heavy atom. The molecule has 1 heterocycles. The summed E-state index contributed by atoms with van der Waals surface area (Å²) in [5.41, 5.74) is 0. The summed E-state index contributed by atoms with van der Waals surface area (Å²) >= 11 is 0. The lowest BCUT2D eigenvalue weighted by Gasteiger charge is -2.31. The highest BCUT2D eigenvalue weighted by molar-refractivity contribution is 5.85. The van der Waals surface area contributed by atoms with Gasteiger partial charge < -0.3 is 19.6 Å². The Labute approximate surface area is 159 Å². The van der Waals surface area contributed by atoms with Crippen molar-refractivity contribution in [3.8, 4) is 5.75 Å². The van der Waals surface area contributed by atoms with Crippen molar-refractivity contribution < 1.29 is 24.2 Å². The summed E-state index contributed by atoms with van der Waals surface area (Å²) in [6.07, 6.45) is 1.49. The number of para-hydroxylation sites is 1. The molecule has 1 aliphatic heterocycles. The van der Waals surface area contributed by atoms with Crippen molar-refractivity contribution in [1.29, 1.82) is 0 Å². The standard InChI is InChI=1S/C20H28N2O5/c1-15(10-13-27-17-6-4-3-5-7-17)19(24)21(2)14-18(23)22-11-8-16(9-12-22)20(25)26/h3-7,15-16H,8-14H2,1-2H3,(H,25,26). The van der Waals surface area contributed by atoms with E-state index in [-0.39, 0.29) is 30.2 Å². The van der Waals surface area contributed by atoms with Crippen LogP contribution in [0.4, 0.5) is 0 Å². The zero-order valence-corrected chi connectivity index (χ0v) is 16.0.